The minimum Gasteiger partial charge on any atom is -0.358 e. The maximum atomic E-state index is 12.6. The van der Waals surface area contributed by atoms with Crippen molar-refractivity contribution in [3.8, 4) is 0 Å². The van der Waals surface area contributed by atoms with Crippen molar-refractivity contribution in [2.75, 3.05) is 33.7 Å². The van der Waals surface area contributed by atoms with E-state index in [-0.39, 0.29) is 29.2 Å². The molecule has 2 amide bonds. The second-order valence-electron chi connectivity index (χ2n) is 6.54. The second-order valence-corrected chi connectivity index (χ2v) is 8.11. The number of piperidine rings is 1. The number of likely N-dealkylation sites (N-methyl/N-ethyl adjacent to an activating group) is 2. The second kappa shape index (κ2) is 7.06. The number of hydrogen-bond donors (Lipinski definition) is 1. The molecule has 26 heavy (non-hydrogen) atoms. The number of amidine groups is 1. The molecule has 3 rings (SSSR count). The SMILES string of the molecule is CNC(=O)CN(C)C(=O)C1CCCN(C2=NS(=O)(=O)c3ccccc32)C1. The van der Waals surface area contributed by atoms with Gasteiger partial charge in [-0.05, 0) is 25.0 Å². The molecule has 0 aromatic heterocycles. The number of sulfonamides is 1. The zero-order valence-corrected chi connectivity index (χ0v) is 15.6. The van der Waals surface area contributed by atoms with Crippen LogP contribution in [0.5, 0.6) is 0 Å². The van der Waals surface area contributed by atoms with E-state index in [2.05, 4.69) is 9.71 Å². The molecule has 0 spiro atoms. The zero-order chi connectivity index (χ0) is 18.9. The summed E-state index contributed by atoms with van der Waals surface area (Å²) in [5, 5.41) is 2.50. The number of amides is 2. The van der Waals surface area contributed by atoms with Crippen molar-refractivity contribution in [3.63, 3.8) is 0 Å². The van der Waals surface area contributed by atoms with Crippen LogP contribution in [0.2, 0.25) is 0 Å². The average Bonchev–Trinajstić information content (AvgIpc) is 2.92. The van der Waals surface area contributed by atoms with Gasteiger partial charge in [0.15, 0.2) is 5.84 Å². The maximum absolute atomic E-state index is 12.6. The van der Waals surface area contributed by atoms with Gasteiger partial charge in [-0.2, -0.15) is 8.42 Å². The Labute approximate surface area is 152 Å². The van der Waals surface area contributed by atoms with Crippen LogP contribution in [-0.2, 0) is 19.6 Å². The molecule has 1 N–H and O–H groups in total. The van der Waals surface area contributed by atoms with E-state index in [0.717, 1.165) is 6.42 Å². The summed E-state index contributed by atoms with van der Waals surface area (Å²) < 4.78 is 28.4. The Kier molecular flexibility index (Phi) is 4.99. The molecule has 1 aromatic carbocycles. The lowest BCUT2D eigenvalue weighted by atomic mass is 9.96. The normalized spacial score (nSPS) is 20.9. The van der Waals surface area contributed by atoms with Crippen LogP contribution in [0.4, 0.5) is 0 Å². The van der Waals surface area contributed by atoms with Crippen molar-refractivity contribution in [1.82, 2.24) is 15.1 Å². The van der Waals surface area contributed by atoms with Crippen molar-refractivity contribution >= 4 is 27.7 Å². The topological polar surface area (TPSA) is 99.2 Å². The molecule has 2 heterocycles. The first-order chi connectivity index (χ1) is 12.3. The number of nitrogens with one attached hydrogen (secondary N) is 1. The highest BCUT2D eigenvalue weighted by atomic mass is 32.2. The predicted octanol–water partition coefficient (Wildman–Crippen LogP) is 0.0519. The van der Waals surface area contributed by atoms with Gasteiger partial charge in [-0.15, -0.1) is 4.40 Å². The van der Waals surface area contributed by atoms with Crippen LogP contribution < -0.4 is 5.32 Å². The fourth-order valence-electron chi connectivity index (χ4n) is 3.37. The highest BCUT2D eigenvalue weighted by Gasteiger charge is 2.35. The first kappa shape index (κ1) is 18.4. The standard InChI is InChI=1S/C17H22N4O4S/c1-18-15(22)11-20(2)17(23)12-6-5-9-21(10-12)16-13-7-3-4-8-14(13)26(24,25)19-16/h3-4,7-8,12H,5-6,9-11H2,1-2H3,(H,18,22). The molecule has 1 fully saturated rings. The first-order valence-electron chi connectivity index (χ1n) is 8.48. The molecule has 140 valence electrons. The number of carbonyl (C=O) groups excluding carboxylic acids is 2. The number of rotatable bonds is 3. The highest BCUT2D eigenvalue weighted by molar-refractivity contribution is 7.90. The minimum atomic E-state index is -3.68. The van der Waals surface area contributed by atoms with Crippen molar-refractivity contribution in [2.24, 2.45) is 10.3 Å². The zero-order valence-electron chi connectivity index (χ0n) is 14.8. The van der Waals surface area contributed by atoms with Gasteiger partial charge in [0.2, 0.25) is 11.8 Å². The largest absolute Gasteiger partial charge is 0.358 e. The van der Waals surface area contributed by atoms with E-state index < -0.39 is 10.0 Å². The predicted molar refractivity (Wildman–Crippen MR) is 96.2 cm³/mol. The molecule has 1 aromatic rings. The quantitative estimate of drug-likeness (QED) is 0.801. The summed E-state index contributed by atoms with van der Waals surface area (Å²) in [5.74, 6) is -0.231. The lowest BCUT2D eigenvalue weighted by Gasteiger charge is -2.35. The molecular formula is C17H22N4O4S. The lowest BCUT2D eigenvalue weighted by molar-refractivity contribution is -0.139. The maximum Gasteiger partial charge on any atom is 0.285 e. The molecule has 1 unspecified atom stereocenters. The molecule has 0 saturated carbocycles. The summed E-state index contributed by atoms with van der Waals surface area (Å²) in [5.41, 5.74) is 0.583. The Hall–Kier alpha value is -2.42. The number of likely N-dealkylation sites (tertiary alicyclic amines) is 1. The molecule has 1 saturated heterocycles. The van der Waals surface area contributed by atoms with Crippen LogP contribution in [0.1, 0.15) is 18.4 Å². The third kappa shape index (κ3) is 3.44. The van der Waals surface area contributed by atoms with E-state index in [0.29, 0.717) is 30.9 Å². The first-order valence-corrected chi connectivity index (χ1v) is 9.92. The van der Waals surface area contributed by atoms with E-state index in [1.165, 1.54) is 11.9 Å². The van der Waals surface area contributed by atoms with Crippen LogP contribution in [0, 0.1) is 5.92 Å². The summed E-state index contributed by atoms with van der Waals surface area (Å²) >= 11 is 0. The Balaban J connectivity index is 1.78. The molecule has 2 aliphatic rings. The number of nitrogens with zero attached hydrogens (tertiary/aromatic N) is 3. The highest BCUT2D eigenvalue weighted by Crippen LogP contribution is 2.30. The van der Waals surface area contributed by atoms with Crippen LogP contribution in [0.15, 0.2) is 33.6 Å². The van der Waals surface area contributed by atoms with Crippen LogP contribution in [-0.4, -0.2) is 69.6 Å². The Morgan fingerprint density at radius 2 is 2.08 bits per heavy atom. The third-order valence-electron chi connectivity index (χ3n) is 4.72. The van der Waals surface area contributed by atoms with Gasteiger partial charge in [0, 0.05) is 32.7 Å². The summed E-state index contributed by atoms with van der Waals surface area (Å²) in [4.78, 5) is 27.6. The molecule has 0 radical (unpaired) electrons. The molecule has 8 nitrogen and oxygen atoms in total. The Bertz CT molecular complexity index is 865. The molecule has 2 aliphatic heterocycles. The Morgan fingerprint density at radius 1 is 1.35 bits per heavy atom. The van der Waals surface area contributed by atoms with Gasteiger partial charge in [-0.25, -0.2) is 0 Å². The van der Waals surface area contributed by atoms with Gasteiger partial charge in [0.05, 0.1) is 12.5 Å². The van der Waals surface area contributed by atoms with Crippen molar-refractivity contribution in [2.45, 2.75) is 17.7 Å². The van der Waals surface area contributed by atoms with Crippen LogP contribution in [0.3, 0.4) is 0 Å². The van der Waals surface area contributed by atoms with E-state index in [9.17, 15) is 18.0 Å². The molecule has 0 bridgehead atoms. The van der Waals surface area contributed by atoms with Crippen molar-refractivity contribution < 1.29 is 18.0 Å². The number of benzene rings is 1. The molecule has 1 atom stereocenters. The van der Waals surface area contributed by atoms with E-state index in [4.69, 9.17) is 0 Å². The lowest BCUT2D eigenvalue weighted by Crippen LogP contribution is -2.47. The van der Waals surface area contributed by atoms with Crippen molar-refractivity contribution in [1.29, 1.82) is 0 Å². The fourth-order valence-corrected chi connectivity index (χ4v) is 4.60. The third-order valence-corrected chi connectivity index (χ3v) is 6.04. The molecule has 0 aliphatic carbocycles. The summed E-state index contributed by atoms with van der Waals surface area (Å²) in [6, 6.07) is 6.73. The molecule has 9 heteroatoms. The van der Waals surface area contributed by atoms with Crippen LogP contribution in [0.25, 0.3) is 0 Å². The minimum absolute atomic E-state index is 0.00396. The summed E-state index contributed by atoms with van der Waals surface area (Å²) in [6.45, 7) is 1.04. The molecular weight excluding hydrogens is 356 g/mol. The monoisotopic (exact) mass is 378 g/mol. The number of carbonyl (C=O) groups is 2. The van der Waals surface area contributed by atoms with Gasteiger partial charge in [0.1, 0.15) is 4.90 Å². The van der Waals surface area contributed by atoms with Gasteiger partial charge in [-0.3, -0.25) is 9.59 Å². The summed E-state index contributed by atoms with van der Waals surface area (Å²) in [6.07, 6.45) is 1.46. The van der Waals surface area contributed by atoms with Gasteiger partial charge in [-0.1, -0.05) is 12.1 Å². The van der Waals surface area contributed by atoms with Crippen molar-refractivity contribution in [3.05, 3.63) is 29.8 Å². The van der Waals surface area contributed by atoms with E-state index in [1.807, 2.05) is 4.90 Å². The van der Waals surface area contributed by atoms with Gasteiger partial charge >= 0.3 is 0 Å². The number of hydrogen-bond acceptors (Lipinski definition) is 5. The fraction of sp³-hybridized carbons (Fsp3) is 0.471. The Morgan fingerprint density at radius 3 is 2.81 bits per heavy atom. The van der Waals surface area contributed by atoms with E-state index >= 15 is 0 Å². The summed E-state index contributed by atoms with van der Waals surface area (Å²) in [7, 11) is -0.552. The van der Waals surface area contributed by atoms with E-state index in [1.54, 1.807) is 31.3 Å². The van der Waals surface area contributed by atoms with Gasteiger partial charge in [0.25, 0.3) is 10.0 Å². The van der Waals surface area contributed by atoms with Crippen LogP contribution >= 0.6 is 0 Å². The average molecular weight is 378 g/mol. The number of fused-ring (bicyclic) bond motifs is 1. The van der Waals surface area contributed by atoms with Gasteiger partial charge < -0.3 is 15.1 Å². The smallest absolute Gasteiger partial charge is 0.285 e.